The van der Waals surface area contributed by atoms with Crippen LogP contribution in [0.15, 0.2) is 54.6 Å². The molecule has 2 amide bonds. The van der Waals surface area contributed by atoms with Crippen LogP contribution in [0.2, 0.25) is 0 Å². The molecular weight excluding hydrogens is 374 g/mol. The summed E-state index contributed by atoms with van der Waals surface area (Å²) >= 11 is 0. The molecule has 1 aliphatic carbocycles. The van der Waals surface area contributed by atoms with Gasteiger partial charge in [0.2, 0.25) is 11.8 Å². The van der Waals surface area contributed by atoms with Crippen LogP contribution in [0.4, 0.5) is 5.69 Å². The van der Waals surface area contributed by atoms with Crippen LogP contribution in [0.25, 0.3) is 0 Å². The smallest absolute Gasteiger partial charge is 0.244 e. The first-order valence-electron chi connectivity index (χ1n) is 11.1. The average Bonchev–Trinajstić information content (AvgIpc) is 3.64. The number of hydrogen-bond acceptors (Lipinski definition) is 3. The number of rotatable bonds is 7. The number of likely N-dealkylation sites (tertiary alicyclic amines) is 1. The molecule has 1 heterocycles. The number of anilines is 1. The number of carbonyl (C=O) groups excluding carboxylic acids is 2. The highest BCUT2D eigenvalue weighted by molar-refractivity contribution is 5.94. The second kappa shape index (κ2) is 9.43. The van der Waals surface area contributed by atoms with E-state index in [0.717, 1.165) is 55.6 Å². The van der Waals surface area contributed by atoms with Crippen molar-refractivity contribution in [1.82, 2.24) is 10.2 Å². The summed E-state index contributed by atoms with van der Waals surface area (Å²) in [4.78, 5) is 27.3. The van der Waals surface area contributed by atoms with E-state index >= 15 is 0 Å². The molecule has 1 aliphatic heterocycles. The Morgan fingerprint density at radius 1 is 0.900 bits per heavy atom. The lowest BCUT2D eigenvalue weighted by Crippen LogP contribution is -2.43. The highest BCUT2D eigenvalue weighted by Crippen LogP contribution is 2.30. The molecule has 5 heteroatoms. The van der Waals surface area contributed by atoms with Crippen LogP contribution < -0.4 is 10.6 Å². The third-order valence-electron chi connectivity index (χ3n) is 6.09. The first-order valence-corrected chi connectivity index (χ1v) is 11.1. The SMILES string of the molecule is C[C@H](N[C@@H](C(=O)N1CCCCC1)c1ccccc1)c1ccc(NC(=O)C2CC2)cc1. The van der Waals surface area contributed by atoms with Gasteiger partial charge in [-0.25, -0.2) is 0 Å². The largest absolute Gasteiger partial charge is 0.341 e. The van der Waals surface area contributed by atoms with Gasteiger partial charge >= 0.3 is 0 Å². The molecule has 2 aliphatic rings. The van der Waals surface area contributed by atoms with Crippen molar-refractivity contribution in [3.8, 4) is 0 Å². The first-order chi connectivity index (χ1) is 14.6. The third-order valence-corrected chi connectivity index (χ3v) is 6.09. The van der Waals surface area contributed by atoms with Gasteiger partial charge in [-0.2, -0.15) is 0 Å². The first kappa shape index (κ1) is 20.6. The molecule has 0 aromatic heterocycles. The summed E-state index contributed by atoms with van der Waals surface area (Å²) in [7, 11) is 0. The van der Waals surface area contributed by atoms with Crippen LogP contribution in [0.1, 0.15) is 62.2 Å². The zero-order valence-electron chi connectivity index (χ0n) is 17.6. The Balaban J connectivity index is 1.46. The van der Waals surface area contributed by atoms with E-state index < -0.39 is 0 Å². The van der Waals surface area contributed by atoms with Gasteiger partial charge in [0, 0.05) is 30.7 Å². The van der Waals surface area contributed by atoms with Gasteiger partial charge < -0.3 is 10.2 Å². The Labute approximate surface area is 178 Å². The molecule has 2 atom stereocenters. The number of benzene rings is 2. The molecule has 1 saturated heterocycles. The van der Waals surface area contributed by atoms with Crippen molar-refractivity contribution in [2.45, 2.75) is 51.1 Å². The molecule has 0 unspecified atom stereocenters. The van der Waals surface area contributed by atoms with Crippen molar-refractivity contribution in [3.63, 3.8) is 0 Å². The second-order valence-corrected chi connectivity index (χ2v) is 8.50. The fraction of sp³-hybridized carbons (Fsp3) is 0.440. The second-order valence-electron chi connectivity index (χ2n) is 8.50. The van der Waals surface area contributed by atoms with Gasteiger partial charge in [0.1, 0.15) is 6.04 Å². The molecule has 0 bridgehead atoms. The molecule has 30 heavy (non-hydrogen) atoms. The van der Waals surface area contributed by atoms with Crippen molar-refractivity contribution < 1.29 is 9.59 Å². The van der Waals surface area contributed by atoms with E-state index in [9.17, 15) is 9.59 Å². The third kappa shape index (κ3) is 5.08. The minimum atomic E-state index is -0.367. The van der Waals surface area contributed by atoms with Crippen molar-refractivity contribution in [2.24, 2.45) is 5.92 Å². The van der Waals surface area contributed by atoms with Crippen molar-refractivity contribution in [2.75, 3.05) is 18.4 Å². The van der Waals surface area contributed by atoms with Crippen LogP contribution >= 0.6 is 0 Å². The van der Waals surface area contributed by atoms with Crippen molar-refractivity contribution in [1.29, 1.82) is 0 Å². The maximum Gasteiger partial charge on any atom is 0.244 e. The number of amides is 2. The van der Waals surface area contributed by atoms with E-state index in [2.05, 4.69) is 17.6 Å². The van der Waals surface area contributed by atoms with E-state index in [0.29, 0.717) is 0 Å². The van der Waals surface area contributed by atoms with Crippen LogP contribution in [0.3, 0.4) is 0 Å². The van der Waals surface area contributed by atoms with Crippen LogP contribution in [0.5, 0.6) is 0 Å². The predicted octanol–water partition coefficient (Wildman–Crippen LogP) is 4.44. The minimum Gasteiger partial charge on any atom is -0.341 e. The fourth-order valence-corrected chi connectivity index (χ4v) is 4.04. The van der Waals surface area contributed by atoms with Gasteiger partial charge in [0.05, 0.1) is 0 Å². The lowest BCUT2D eigenvalue weighted by Gasteiger charge is -2.32. The summed E-state index contributed by atoms with van der Waals surface area (Å²) in [6.07, 6.45) is 5.36. The van der Waals surface area contributed by atoms with Crippen molar-refractivity contribution in [3.05, 3.63) is 65.7 Å². The van der Waals surface area contributed by atoms with Gasteiger partial charge in [-0.1, -0.05) is 42.5 Å². The molecule has 1 saturated carbocycles. The maximum atomic E-state index is 13.3. The summed E-state index contributed by atoms with van der Waals surface area (Å²) in [5.41, 5.74) is 2.91. The molecule has 2 aromatic carbocycles. The summed E-state index contributed by atoms with van der Waals surface area (Å²) in [5.74, 6) is 0.462. The maximum absolute atomic E-state index is 13.3. The lowest BCUT2D eigenvalue weighted by molar-refractivity contribution is -0.134. The zero-order valence-corrected chi connectivity index (χ0v) is 17.6. The Hall–Kier alpha value is -2.66. The quantitative estimate of drug-likeness (QED) is 0.716. The molecule has 2 N–H and O–H groups in total. The summed E-state index contributed by atoms with van der Waals surface area (Å²) in [6.45, 7) is 3.76. The number of hydrogen-bond donors (Lipinski definition) is 2. The topological polar surface area (TPSA) is 61.4 Å². The fourth-order valence-electron chi connectivity index (χ4n) is 4.04. The van der Waals surface area contributed by atoms with E-state index in [1.54, 1.807) is 0 Å². The number of nitrogens with zero attached hydrogens (tertiary/aromatic N) is 1. The number of piperidine rings is 1. The molecule has 158 valence electrons. The summed E-state index contributed by atoms with van der Waals surface area (Å²) in [6, 6.07) is 17.5. The van der Waals surface area contributed by atoms with Gasteiger partial charge in [-0.3, -0.25) is 14.9 Å². The minimum absolute atomic E-state index is 0.00266. The monoisotopic (exact) mass is 405 g/mol. The normalized spacial score (nSPS) is 18.5. The molecule has 0 radical (unpaired) electrons. The molecular formula is C25H31N3O2. The lowest BCUT2D eigenvalue weighted by atomic mass is 10.0. The summed E-state index contributed by atoms with van der Waals surface area (Å²) < 4.78 is 0. The predicted molar refractivity (Wildman–Crippen MR) is 119 cm³/mol. The van der Waals surface area contributed by atoms with Crippen LogP contribution in [0, 0.1) is 5.92 Å². The number of nitrogens with one attached hydrogen (secondary N) is 2. The van der Waals surface area contributed by atoms with Gasteiger partial charge in [-0.15, -0.1) is 0 Å². The molecule has 2 fully saturated rings. The zero-order chi connectivity index (χ0) is 20.9. The van der Waals surface area contributed by atoms with Gasteiger partial charge in [0.15, 0.2) is 0 Å². The standard InChI is InChI=1S/C25H31N3O2/c1-18(19-12-14-22(15-13-19)27-24(29)21-10-11-21)26-23(20-8-4-2-5-9-20)25(30)28-16-6-3-7-17-28/h2,4-5,8-9,12-15,18,21,23,26H,3,6-7,10-11,16-17H2,1H3,(H,27,29)/t18-,23+/m0/s1. The Bertz CT molecular complexity index is 856. The Morgan fingerprint density at radius 3 is 2.20 bits per heavy atom. The Morgan fingerprint density at radius 2 is 1.57 bits per heavy atom. The van der Waals surface area contributed by atoms with Gasteiger partial charge in [-0.05, 0) is 62.3 Å². The highest BCUT2D eigenvalue weighted by atomic mass is 16.2. The molecule has 0 spiro atoms. The highest BCUT2D eigenvalue weighted by Gasteiger charge is 2.30. The molecule has 2 aromatic rings. The average molecular weight is 406 g/mol. The van der Waals surface area contributed by atoms with Crippen LogP contribution in [-0.2, 0) is 9.59 Å². The Kier molecular flexibility index (Phi) is 6.48. The van der Waals surface area contributed by atoms with E-state index in [4.69, 9.17) is 0 Å². The van der Waals surface area contributed by atoms with Crippen LogP contribution in [-0.4, -0.2) is 29.8 Å². The number of carbonyl (C=O) groups is 2. The van der Waals surface area contributed by atoms with E-state index in [-0.39, 0.29) is 29.8 Å². The van der Waals surface area contributed by atoms with E-state index in [1.807, 2.05) is 59.5 Å². The van der Waals surface area contributed by atoms with Crippen molar-refractivity contribution >= 4 is 17.5 Å². The van der Waals surface area contributed by atoms with Gasteiger partial charge in [0.25, 0.3) is 0 Å². The molecule has 4 rings (SSSR count). The summed E-state index contributed by atoms with van der Waals surface area (Å²) in [5, 5.41) is 6.53. The molecule has 5 nitrogen and oxygen atoms in total. The van der Waals surface area contributed by atoms with E-state index in [1.165, 1.54) is 6.42 Å².